The third-order valence-corrected chi connectivity index (χ3v) is 5.54. The largest absolute Gasteiger partial charge is 0.381 e. The second-order valence-electron chi connectivity index (χ2n) is 5.98. The molecule has 1 N–H and O–H groups in total. The van der Waals surface area contributed by atoms with Crippen LogP contribution in [0.1, 0.15) is 23.3 Å². The van der Waals surface area contributed by atoms with Gasteiger partial charge in [-0.3, -0.25) is 9.48 Å². The van der Waals surface area contributed by atoms with E-state index in [1.165, 1.54) is 12.1 Å². The van der Waals surface area contributed by atoms with Crippen molar-refractivity contribution in [2.45, 2.75) is 18.1 Å². The maximum Gasteiger partial charge on any atom is 0.269 e. The number of hydrogen-bond donors (Lipinski definition) is 1. The number of aromatic nitrogens is 2. The van der Waals surface area contributed by atoms with E-state index in [-0.39, 0.29) is 11.7 Å². The number of aryl methyl sites for hydroxylation is 1. The molecule has 1 fully saturated rings. The molecule has 2 heterocycles. The number of halogens is 1. The van der Waals surface area contributed by atoms with Crippen LogP contribution in [-0.2, 0) is 11.8 Å². The molecule has 0 atom stereocenters. The SMILES string of the molecule is Cn1nc(-c2ccc(F)cc2)cc1C(=O)NCCSC1CCOCC1. The van der Waals surface area contributed by atoms with Crippen LogP contribution in [0.4, 0.5) is 4.39 Å². The number of rotatable bonds is 6. The summed E-state index contributed by atoms with van der Waals surface area (Å²) >= 11 is 1.89. The average Bonchev–Trinajstić information content (AvgIpc) is 3.02. The number of carbonyl (C=O) groups excluding carboxylic acids is 1. The van der Waals surface area contributed by atoms with Crippen LogP contribution < -0.4 is 5.32 Å². The van der Waals surface area contributed by atoms with Crippen molar-refractivity contribution in [1.82, 2.24) is 15.1 Å². The van der Waals surface area contributed by atoms with Gasteiger partial charge in [0.15, 0.2) is 0 Å². The van der Waals surface area contributed by atoms with Crippen LogP contribution in [0, 0.1) is 5.82 Å². The monoisotopic (exact) mass is 363 g/mol. The average molecular weight is 363 g/mol. The molecule has 0 unspecified atom stereocenters. The minimum atomic E-state index is -0.292. The molecule has 0 radical (unpaired) electrons. The zero-order valence-corrected chi connectivity index (χ0v) is 15.0. The highest BCUT2D eigenvalue weighted by molar-refractivity contribution is 7.99. The van der Waals surface area contributed by atoms with Crippen LogP contribution in [0.25, 0.3) is 11.3 Å². The van der Waals surface area contributed by atoms with Crippen molar-refractivity contribution in [2.24, 2.45) is 7.05 Å². The summed E-state index contributed by atoms with van der Waals surface area (Å²) in [5.74, 6) is 0.453. The molecule has 7 heteroatoms. The lowest BCUT2D eigenvalue weighted by molar-refractivity contribution is 0.0946. The summed E-state index contributed by atoms with van der Waals surface area (Å²) < 4.78 is 19.9. The van der Waals surface area contributed by atoms with Gasteiger partial charge in [-0.15, -0.1) is 0 Å². The lowest BCUT2D eigenvalue weighted by Crippen LogP contribution is -2.28. The molecule has 1 aromatic carbocycles. The molecule has 25 heavy (non-hydrogen) atoms. The Morgan fingerprint density at radius 3 is 2.80 bits per heavy atom. The number of amides is 1. The van der Waals surface area contributed by atoms with Crippen LogP contribution in [0.3, 0.4) is 0 Å². The van der Waals surface area contributed by atoms with Gasteiger partial charge in [0.1, 0.15) is 11.5 Å². The Morgan fingerprint density at radius 1 is 1.36 bits per heavy atom. The molecule has 134 valence electrons. The van der Waals surface area contributed by atoms with Crippen LogP contribution in [0.2, 0.25) is 0 Å². The van der Waals surface area contributed by atoms with Crippen molar-refractivity contribution in [1.29, 1.82) is 0 Å². The van der Waals surface area contributed by atoms with E-state index in [9.17, 15) is 9.18 Å². The van der Waals surface area contributed by atoms with Gasteiger partial charge in [-0.2, -0.15) is 16.9 Å². The minimum absolute atomic E-state index is 0.143. The number of carbonyl (C=O) groups is 1. The standard InChI is InChI=1S/C18H22FN3O2S/c1-22-17(12-16(21-22)13-2-4-14(19)5-3-13)18(23)20-8-11-25-15-6-9-24-10-7-15/h2-5,12,15H,6-11H2,1H3,(H,20,23). The maximum absolute atomic E-state index is 13.0. The van der Waals surface area contributed by atoms with E-state index in [0.717, 1.165) is 37.4 Å². The Balaban J connectivity index is 1.52. The Bertz CT molecular complexity index is 712. The topological polar surface area (TPSA) is 56.2 Å². The zero-order chi connectivity index (χ0) is 17.6. The lowest BCUT2D eigenvalue weighted by Gasteiger charge is -2.21. The molecule has 1 aliphatic heterocycles. The fraction of sp³-hybridized carbons (Fsp3) is 0.444. The number of nitrogens with one attached hydrogen (secondary N) is 1. The van der Waals surface area contributed by atoms with E-state index < -0.39 is 0 Å². The van der Waals surface area contributed by atoms with Gasteiger partial charge >= 0.3 is 0 Å². The highest BCUT2D eigenvalue weighted by Crippen LogP contribution is 2.21. The van der Waals surface area contributed by atoms with Gasteiger partial charge < -0.3 is 10.1 Å². The van der Waals surface area contributed by atoms with Crippen LogP contribution in [0.15, 0.2) is 30.3 Å². The molecule has 5 nitrogen and oxygen atoms in total. The van der Waals surface area contributed by atoms with E-state index >= 15 is 0 Å². The van der Waals surface area contributed by atoms with Gasteiger partial charge in [-0.05, 0) is 43.2 Å². The molecule has 0 spiro atoms. The summed E-state index contributed by atoms with van der Waals surface area (Å²) in [6, 6.07) is 7.82. The van der Waals surface area contributed by atoms with Crippen molar-refractivity contribution >= 4 is 17.7 Å². The Labute approximate surface area is 150 Å². The van der Waals surface area contributed by atoms with Crippen molar-refractivity contribution in [3.05, 3.63) is 41.8 Å². The molecule has 3 rings (SSSR count). The molecule has 2 aromatic rings. The van der Waals surface area contributed by atoms with Gasteiger partial charge in [-0.1, -0.05) is 0 Å². The van der Waals surface area contributed by atoms with E-state index in [2.05, 4.69) is 10.4 Å². The van der Waals surface area contributed by atoms with Gasteiger partial charge in [0.25, 0.3) is 5.91 Å². The second-order valence-corrected chi connectivity index (χ2v) is 7.39. The van der Waals surface area contributed by atoms with Gasteiger partial charge in [0.05, 0.1) is 5.69 Å². The first-order chi connectivity index (χ1) is 12.1. The van der Waals surface area contributed by atoms with E-state index in [1.54, 1.807) is 29.9 Å². The van der Waals surface area contributed by atoms with E-state index in [4.69, 9.17) is 4.74 Å². The summed E-state index contributed by atoms with van der Waals surface area (Å²) in [7, 11) is 1.73. The predicted molar refractivity (Wildman–Crippen MR) is 97.2 cm³/mol. The van der Waals surface area contributed by atoms with Crippen LogP contribution in [-0.4, -0.2) is 46.4 Å². The maximum atomic E-state index is 13.0. The molecule has 0 bridgehead atoms. The highest BCUT2D eigenvalue weighted by Gasteiger charge is 2.16. The van der Waals surface area contributed by atoms with Crippen LogP contribution in [0.5, 0.6) is 0 Å². The zero-order valence-electron chi connectivity index (χ0n) is 14.2. The Hall–Kier alpha value is -1.86. The number of nitrogens with zero attached hydrogens (tertiary/aromatic N) is 2. The molecule has 1 amide bonds. The fourth-order valence-electron chi connectivity index (χ4n) is 2.76. The number of benzene rings is 1. The minimum Gasteiger partial charge on any atom is -0.381 e. The summed E-state index contributed by atoms with van der Waals surface area (Å²) in [5.41, 5.74) is 1.94. The summed E-state index contributed by atoms with van der Waals surface area (Å²) in [4.78, 5) is 12.4. The molecular weight excluding hydrogens is 341 g/mol. The Kier molecular flexibility index (Phi) is 6.09. The third kappa shape index (κ3) is 4.83. The summed E-state index contributed by atoms with van der Waals surface area (Å²) in [6.07, 6.45) is 2.17. The summed E-state index contributed by atoms with van der Waals surface area (Å²) in [6.45, 7) is 2.30. The fourth-order valence-corrected chi connectivity index (χ4v) is 3.84. The molecule has 1 saturated heterocycles. The quantitative estimate of drug-likeness (QED) is 0.802. The first-order valence-electron chi connectivity index (χ1n) is 8.41. The van der Waals surface area contributed by atoms with Crippen molar-refractivity contribution in [3.63, 3.8) is 0 Å². The number of hydrogen-bond acceptors (Lipinski definition) is 4. The smallest absolute Gasteiger partial charge is 0.269 e. The van der Waals surface area contributed by atoms with Gasteiger partial charge in [0, 0.05) is 43.4 Å². The molecule has 0 aliphatic carbocycles. The first kappa shape index (κ1) is 17.9. The highest BCUT2D eigenvalue weighted by atomic mass is 32.2. The molecular formula is C18H22FN3O2S. The number of ether oxygens (including phenoxy) is 1. The summed E-state index contributed by atoms with van der Waals surface area (Å²) in [5, 5.41) is 7.92. The van der Waals surface area contributed by atoms with Gasteiger partial charge in [0.2, 0.25) is 0 Å². The molecule has 1 aromatic heterocycles. The second kappa shape index (κ2) is 8.49. The Morgan fingerprint density at radius 2 is 2.08 bits per heavy atom. The van der Waals surface area contributed by atoms with E-state index in [1.807, 2.05) is 11.8 Å². The van der Waals surface area contributed by atoms with Crippen molar-refractivity contribution in [3.8, 4) is 11.3 Å². The molecule has 0 saturated carbocycles. The predicted octanol–water partition coefficient (Wildman–Crippen LogP) is 2.87. The molecule has 1 aliphatic rings. The first-order valence-corrected chi connectivity index (χ1v) is 9.46. The van der Waals surface area contributed by atoms with E-state index in [0.29, 0.717) is 23.2 Å². The third-order valence-electron chi connectivity index (χ3n) is 4.16. The van der Waals surface area contributed by atoms with Crippen LogP contribution >= 0.6 is 11.8 Å². The number of thioether (sulfide) groups is 1. The normalized spacial score (nSPS) is 15.3. The van der Waals surface area contributed by atoms with Crippen molar-refractivity contribution < 1.29 is 13.9 Å². The lowest BCUT2D eigenvalue weighted by atomic mass is 10.1. The van der Waals surface area contributed by atoms with Crippen molar-refractivity contribution in [2.75, 3.05) is 25.5 Å². The van der Waals surface area contributed by atoms with Gasteiger partial charge in [-0.25, -0.2) is 4.39 Å².